The number of hydrogen-bond acceptors (Lipinski definition) is 6. The Kier molecular flexibility index (Phi) is 3.13. The lowest BCUT2D eigenvalue weighted by Crippen LogP contribution is -2.25. The Balaban J connectivity index is 2.39. The quantitative estimate of drug-likeness (QED) is 0.460. The van der Waals surface area contributed by atoms with Crippen LogP contribution < -0.4 is 11.5 Å². The van der Waals surface area contributed by atoms with Crippen molar-refractivity contribution in [1.82, 2.24) is 15.0 Å². The molecule has 0 spiro atoms. The first kappa shape index (κ1) is 12.3. The number of aromatic nitrogens is 3. The number of primary amides is 1. The highest BCUT2D eigenvalue weighted by molar-refractivity contribution is 5.89. The molecule has 0 fully saturated rings. The van der Waals surface area contributed by atoms with Gasteiger partial charge < -0.3 is 26.7 Å². The van der Waals surface area contributed by atoms with Crippen LogP contribution in [0.25, 0.3) is 11.0 Å². The van der Waals surface area contributed by atoms with Gasteiger partial charge in [-0.1, -0.05) is 0 Å². The molecule has 1 amide bonds. The molecule has 0 saturated heterocycles. The van der Waals surface area contributed by atoms with Crippen molar-refractivity contribution >= 4 is 22.8 Å². The Morgan fingerprint density at radius 3 is 2.83 bits per heavy atom. The molecule has 0 aromatic carbocycles. The average molecular weight is 251 g/mol. The number of fused-ring (bicyclic) bond motifs is 1. The monoisotopic (exact) mass is 251 g/mol. The molecule has 8 heteroatoms. The molecule has 7 N–H and O–H groups in total. The van der Waals surface area contributed by atoms with E-state index in [2.05, 4.69) is 15.0 Å². The van der Waals surface area contributed by atoms with Gasteiger partial charge in [-0.15, -0.1) is 0 Å². The molecule has 2 heterocycles. The number of nitrogens with zero attached hydrogens (tertiary/aromatic N) is 2. The SMILES string of the molecule is NC(=O)CC(O)C(O)c1c[nH]c2ncnc(N)c12. The molecule has 0 radical (unpaired) electrons. The van der Waals surface area contributed by atoms with Crippen LogP contribution in [0.4, 0.5) is 5.82 Å². The molecule has 2 rings (SSSR count). The van der Waals surface area contributed by atoms with Crippen LogP contribution in [0.2, 0.25) is 0 Å². The van der Waals surface area contributed by atoms with Gasteiger partial charge in [0.1, 0.15) is 23.9 Å². The molecule has 8 nitrogen and oxygen atoms in total. The van der Waals surface area contributed by atoms with Crippen LogP contribution in [0.5, 0.6) is 0 Å². The minimum atomic E-state index is -1.30. The number of aliphatic hydroxyl groups is 2. The summed E-state index contributed by atoms with van der Waals surface area (Å²) in [7, 11) is 0. The lowest BCUT2D eigenvalue weighted by Gasteiger charge is -2.15. The van der Waals surface area contributed by atoms with Crippen molar-refractivity contribution in [3.8, 4) is 0 Å². The van der Waals surface area contributed by atoms with E-state index in [1.54, 1.807) is 0 Å². The Hall–Kier alpha value is -2.19. The standard InChI is InChI=1S/C10H13N5O3/c11-6(17)1-5(16)8(18)4-2-13-10-7(4)9(12)14-3-15-10/h2-3,5,8,16,18H,1H2,(H2,11,17)(H3,12,13,14,15). The van der Waals surface area contributed by atoms with Crippen molar-refractivity contribution in [2.45, 2.75) is 18.6 Å². The zero-order valence-electron chi connectivity index (χ0n) is 9.37. The number of rotatable bonds is 4. The number of nitrogens with one attached hydrogen (secondary N) is 1. The summed E-state index contributed by atoms with van der Waals surface area (Å²) < 4.78 is 0. The fourth-order valence-corrected chi connectivity index (χ4v) is 1.77. The average Bonchev–Trinajstić information content (AvgIpc) is 2.72. The van der Waals surface area contributed by atoms with Crippen LogP contribution in [0.15, 0.2) is 12.5 Å². The van der Waals surface area contributed by atoms with E-state index in [-0.39, 0.29) is 12.2 Å². The molecule has 18 heavy (non-hydrogen) atoms. The Morgan fingerprint density at radius 1 is 1.44 bits per heavy atom. The third-order valence-electron chi connectivity index (χ3n) is 2.62. The molecule has 0 bridgehead atoms. The number of carbonyl (C=O) groups is 1. The van der Waals surface area contributed by atoms with Crippen molar-refractivity contribution in [3.63, 3.8) is 0 Å². The second-order valence-electron chi connectivity index (χ2n) is 3.91. The number of anilines is 1. The van der Waals surface area contributed by atoms with Gasteiger partial charge in [-0.2, -0.15) is 0 Å². The Morgan fingerprint density at radius 2 is 2.17 bits per heavy atom. The van der Waals surface area contributed by atoms with Gasteiger partial charge in [-0.05, 0) is 0 Å². The van der Waals surface area contributed by atoms with Crippen molar-refractivity contribution in [1.29, 1.82) is 0 Å². The summed E-state index contributed by atoms with van der Waals surface area (Å²) in [4.78, 5) is 21.2. The maximum Gasteiger partial charge on any atom is 0.220 e. The van der Waals surface area contributed by atoms with Crippen LogP contribution in [-0.4, -0.2) is 37.2 Å². The topological polar surface area (TPSA) is 151 Å². The van der Waals surface area contributed by atoms with Gasteiger partial charge in [-0.3, -0.25) is 4.79 Å². The van der Waals surface area contributed by atoms with E-state index in [4.69, 9.17) is 11.5 Å². The third kappa shape index (κ3) is 2.11. The van der Waals surface area contributed by atoms with E-state index in [9.17, 15) is 15.0 Å². The summed E-state index contributed by atoms with van der Waals surface area (Å²) in [6.07, 6.45) is -0.198. The smallest absolute Gasteiger partial charge is 0.220 e. The second kappa shape index (κ2) is 4.59. The van der Waals surface area contributed by atoms with Crippen LogP contribution in [0.1, 0.15) is 18.1 Å². The van der Waals surface area contributed by atoms with Gasteiger partial charge in [0.2, 0.25) is 5.91 Å². The Labute approximate surface area is 102 Å². The van der Waals surface area contributed by atoms with E-state index in [0.29, 0.717) is 16.6 Å². The van der Waals surface area contributed by atoms with Crippen LogP contribution >= 0.6 is 0 Å². The molecule has 2 aromatic rings. The normalized spacial score (nSPS) is 14.6. The van der Waals surface area contributed by atoms with Gasteiger partial charge in [0.15, 0.2) is 0 Å². The van der Waals surface area contributed by atoms with Gasteiger partial charge in [0.05, 0.1) is 17.9 Å². The van der Waals surface area contributed by atoms with Gasteiger partial charge in [-0.25, -0.2) is 9.97 Å². The third-order valence-corrected chi connectivity index (χ3v) is 2.62. The van der Waals surface area contributed by atoms with Crippen LogP contribution in [0.3, 0.4) is 0 Å². The summed E-state index contributed by atoms with van der Waals surface area (Å²) >= 11 is 0. The van der Waals surface area contributed by atoms with E-state index >= 15 is 0 Å². The van der Waals surface area contributed by atoms with E-state index in [1.807, 2.05) is 0 Å². The van der Waals surface area contributed by atoms with Gasteiger partial charge >= 0.3 is 0 Å². The number of aliphatic hydroxyl groups excluding tert-OH is 2. The predicted octanol–water partition coefficient (Wildman–Crippen LogP) is -1.19. The summed E-state index contributed by atoms with van der Waals surface area (Å²) in [6.45, 7) is 0. The lowest BCUT2D eigenvalue weighted by molar-refractivity contribution is -0.121. The number of nitrogen functional groups attached to an aromatic ring is 1. The predicted molar refractivity (Wildman–Crippen MR) is 63.1 cm³/mol. The van der Waals surface area contributed by atoms with Crippen molar-refractivity contribution in [3.05, 3.63) is 18.1 Å². The minimum Gasteiger partial charge on any atom is -0.390 e. The number of carbonyl (C=O) groups excluding carboxylic acids is 1. The van der Waals surface area contributed by atoms with Crippen molar-refractivity contribution in [2.24, 2.45) is 5.73 Å². The second-order valence-corrected chi connectivity index (χ2v) is 3.91. The maximum absolute atomic E-state index is 10.7. The van der Waals surface area contributed by atoms with Crippen LogP contribution in [-0.2, 0) is 4.79 Å². The number of aromatic amines is 1. The van der Waals surface area contributed by atoms with E-state index < -0.39 is 18.1 Å². The number of nitrogens with two attached hydrogens (primary N) is 2. The zero-order chi connectivity index (χ0) is 13.3. The minimum absolute atomic E-state index is 0.182. The zero-order valence-corrected chi connectivity index (χ0v) is 9.37. The number of H-pyrrole nitrogens is 1. The molecular formula is C10H13N5O3. The Bertz CT molecular complexity index is 582. The lowest BCUT2D eigenvalue weighted by atomic mass is 10.0. The highest BCUT2D eigenvalue weighted by Gasteiger charge is 2.24. The molecule has 2 unspecified atom stereocenters. The van der Waals surface area contributed by atoms with Crippen LogP contribution in [0, 0.1) is 0 Å². The molecule has 0 aliphatic rings. The molecule has 2 atom stereocenters. The molecule has 0 aliphatic carbocycles. The summed E-state index contributed by atoms with van der Waals surface area (Å²) in [5.41, 5.74) is 11.4. The highest BCUT2D eigenvalue weighted by Crippen LogP contribution is 2.28. The molecule has 96 valence electrons. The number of hydrogen-bond donors (Lipinski definition) is 5. The number of amides is 1. The largest absolute Gasteiger partial charge is 0.390 e. The fourth-order valence-electron chi connectivity index (χ4n) is 1.77. The van der Waals surface area contributed by atoms with E-state index in [0.717, 1.165) is 0 Å². The summed E-state index contributed by atoms with van der Waals surface area (Å²) in [5, 5.41) is 20.0. The first-order valence-electron chi connectivity index (χ1n) is 5.22. The molecule has 0 aliphatic heterocycles. The first-order valence-corrected chi connectivity index (χ1v) is 5.22. The highest BCUT2D eigenvalue weighted by atomic mass is 16.3. The summed E-state index contributed by atoms with van der Waals surface area (Å²) in [6, 6.07) is 0. The molecule has 2 aromatic heterocycles. The first-order chi connectivity index (χ1) is 8.50. The fraction of sp³-hybridized carbons (Fsp3) is 0.300. The van der Waals surface area contributed by atoms with Gasteiger partial charge in [0, 0.05) is 11.8 Å². The van der Waals surface area contributed by atoms with Crippen molar-refractivity contribution in [2.75, 3.05) is 5.73 Å². The molecular weight excluding hydrogens is 238 g/mol. The summed E-state index contributed by atoms with van der Waals surface area (Å²) in [5.74, 6) is -0.521. The van der Waals surface area contributed by atoms with Gasteiger partial charge in [0.25, 0.3) is 0 Å². The maximum atomic E-state index is 10.7. The molecule has 0 saturated carbocycles. The van der Waals surface area contributed by atoms with Crippen molar-refractivity contribution < 1.29 is 15.0 Å². The van der Waals surface area contributed by atoms with E-state index in [1.165, 1.54) is 12.5 Å².